The van der Waals surface area contributed by atoms with Crippen LogP contribution in [-0.2, 0) is 6.54 Å². The molecule has 0 bridgehead atoms. The van der Waals surface area contributed by atoms with Crippen molar-refractivity contribution in [1.29, 1.82) is 0 Å². The molecule has 0 amide bonds. The van der Waals surface area contributed by atoms with Crippen molar-refractivity contribution in [1.82, 2.24) is 0 Å². The molecular formula is C12H8Cl3NO3. The van der Waals surface area contributed by atoms with Crippen molar-refractivity contribution in [3.05, 3.63) is 50.9 Å². The summed E-state index contributed by atoms with van der Waals surface area (Å²) in [5.41, 5.74) is 0.603. The van der Waals surface area contributed by atoms with Gasteiger partial charge in [-0.25, -0.2) is 4.79 Å². The van der Waals surface area contributed by atoms with E-state index in [0.29, 0.717) is 26.5 Å². The first kappa shape index (κ1) is 14.1. The van der Waals surface area contributed by atoms with Gasteiger partial charge in [0.2, 0.25) is 0 Å². The first-order valence-electron chi connectivity index (χ1n) is 5.16. The van der Waals surface area contributed by atoms with E-state index in [1.54, 1.807) is 12.1 Å². The summed E-state index contributed by atoms with van der Waals surface area (Å²) in [7, 11) is 0. The van der Waals surface area contributed by atoms with Gasteiger partial charge in [0.25, 0.3) is 0 Å². The van der Waals surface area contributed by atoms with E-state index < -0.39 is 5.97 Å². The van der Waals surface area contributed by atoms with Gasteiger partial charge in [0, 0.05) is 5.02 Å². The lowest BCUT2D eigenvalue weighted by atomic mass is 10.3. The summed E-state index contributed by atoms with van der Waals surface area (Å²) in [6, 6.07) is 4.54. The van der Waals surface area contributed by atoms with E-state index in [1.807, 2.05) is 0 Å². The summed E-state index contributed by atoms with van der Waals surface area (Å²) < 4.78 is 5.10. The van der Waals surface area contributed by atoms with Crippen LogP contribution in [0.1, 0.15) is 16.1 Å². The zero-order chi connectivity index (χ0) is 14.0. The zero-order valence-electron chi connectivity index (χ0n) is 9.41. The van der Waals surface area contributed by atoms with E-state index in [2.05, 4.69) is 5.32 Å². The Bertz CT molecular complexity index is 601. The Morgan fingerprint density at radius 1 is 1.21 bits per heavy atom. The molecule has 1 aromatic carbocycles. The predicted molar refractivity (Wildman–Crippen MR) is 74.5 cm³/mol. The quantitative estimate of drug-likeness (QED) is 0.867. The van der Waals surface area contributed by atoms with Gasteiger partial charge in [0.1, 0.15) is 12.0 Å². The standard InChI is InChI=1S/C12H8Cl3NO3/c13-7-2-9(14)11(10(15)3-7)16-4-8-1-6(5-19-8)12(17)18/h1-3,5,16H,4H2,(H,17,18). The van der Waals surface area contributed by atoms with Gasteiger partial charge in [-0.15, -0.1) is 0 Å². The van der Waals surface area contributed by atoms with Gasteiger partial charge >= 0.3 is 5.97 Å². The van der Waals surface area contributed by atoms with Crippen LogP contribution in [-0.4, -0.2) is 11.1 Å². The molecule has 1 aromatic heterocycles. The summed E-state index contributed by atoms with van der Waals surface area (Å²) in [6.45, 7) is 0.258. The number of carboxylic acid groups (broad SMARTS) is 1. The number of rotatable bonds is 4. The largest absolute Gasteiger partial charge is 0.478 e. The van der Waals surface area contributed by atoms with E-state index in [0.717, 1.165) is 0 Å². The minimum Gasteiger partial charge on any atom is -0.478 e. The average Bonchev–Trinajstić information content (AvgIpc) is 2.76. The highest BCUT2D eigenvalue weighted by Crippen LogP contribution is 2.33. The Hall–Kier alpha value is -1.36. The molecule has 0 radical (unpaired) electrons. The Labute approximate surface area is 123 Å². The molecule has 0 spiro atoms. The smallest absolute Gasteiger partial charge is 0.338 e. The molecule has 2 aromatic rings. The van der Waals surface area contributed by atoms with Crippen LogP contribution in [0.15, 0.2) is 28.9 Å². The molecule has 0 aliphatic carbocycles. The van der Waals surface area contributed by atoms with Gasteiger partial charge in [-0.3, -0.25) is 0 Å². The first-order valence-corrected chi connectivity index (χ1v) is 6.30. The number of halogens is 3. The maximum Gasteiger partial charge on any atom is 0.338 e. The van der Waals surface area contributed by atoms with Crippen LogP contribution in [0.2, 0.25) is 15.1 Å². The minimum absolute atomic E-state index is 0.0881. The number of nitrogens with one attached hydrogen (secondary N) is 1. The van der Waals surface area contributed by atoms with Crippen LogP contribution in [0, 0.1) is 0 Å². The van der Waals surface area contributed by atoms with Gasteiger partial charge in [-0.05, 0) is 18.2 Å². The summed E-state index contributed by atoms with van der Waals surface area (Å²) in [6.07, 6.45) is 1.17. The normalized spacial score (nSPS) is 10.5. The van der Waals surface area contributed by atoms with Crippen LogP contribution in [0.5, 0.6) is 0 Å². The lowest BCUT2D eigenvalue weighted by Gasteiger charge is -2.09. The second-order valence-electron chi connectivity index (χ2n) is 3.70. The highest BCUT2D eigenvalue weighted by molar-refractivity contribution is 6.41. The molecule has 0 saturated heterocycles. The summed E-state index contributed by atoms with van der Waals surface area (Å²) >= 11 is 17.8. The molecule has 0 aliphatic rings. The van der Waals surface area contributed by atoms with Crippen LogP contribution in [0.25, 0.3) is 0 Å². The molecule has 2 rings (SSSR count). The average molecular weight is 321 g/mol. The number of furan rings is 1. The first-order chi connectivity index (χ1) is 8.97. The van der Waals surface area contributed by atoms with E-state index in [-0.39, 0.29) is 12.1 Å². The van der Waals surface area contributed by atoms with Crippen molar-refractivity contribution < 1.29 is 14.3 Å². The Morgan fingerprint density at radius 2 is 1.84 bits per heavy atom. The maximum absolute atomic E-state index is 10.7. The molecule has 7 heteroatoms. The highest BCUT2D eigenvalue weighted by Gasteiger charge is 2.11. The van der Waals surface area contributed by atoms with Crippen molar-refractivity contribution in [2.24, 2.45) is 0 Å². The van der Waals surface area contributed by atoms with E-state index in [1.165, 1.54) is 12.3 Å². The number of benzene rings is 1. The monoisotopic (exact) mass is 319 g/mol. The molecular weight excluding hydrogens is 312 g/mol. The minimum atomic E-state index is -1.04. The Morgan fingerprint density at radius 3 is 2.37 bits per heavy atom. The van der Waals surface area contributed by atoms with Crippen molar-refractivity contribution in [3.8, 4) is 0 Å². The number of carboxylic acids is 1. The lowest BCUT2D eigenvalue weighted by Crippen LogP contribution is -2.00. The van der Waals surface area contributed by atoms with Crippen LogP contribution in [0.3, 0.4) is 0 Å². The lowest BCUT2D eigenvalue weighted by molar-refractivity contribution is 0.0696. The number of carbonyl (C=O) groups is 1. The van der Waals surface area contributed by atoms with Gasteiger partial charge in [-0.1, -0.05) is 34.8 Å². The molecule has 0 fully saturated rings. The molecule has 0 unspecified atom stereocenters. The van der Waals surface area contributed by atoms with E-state index in [4.69, 9.17) is 44.3 Å². The molecule has 100 valence electrons. The topological polar surface area (TPSA) is 62.5 Å². The fourth-order valence-electron chi connectivity index (χ4n) is 1.47. The molecule has 19 heavy (non-hydrogen) atoms. The fraction of sp³-hybridized carbons (Fsp3) is 0.0833. The van der Waals surface area contributed by atoms with Crippen molar-refractivity contribution in [2.45, 2.75) is 6.54 Å². The highest BCUT2D eigenvalue weighted by atomic mass is 35.5. The molecule has 2 N–H and O–H groups in total. The van der Waals surface area contributed by atoms with E-state index in [9.17, 15) is 4.79 Å². The van der Waals surface area contributed by atoms with Gasteiger partial charge < -0.3 is 14.8 Å². The number of hydrogen-bond donors (Lipinski definition) is 2. The second kappa shape index (κ2) is 5.74. The molecule has 4 nitrogen and oxygen atoms in total. The Balaban J connectivity index is 2.12. The predicted octanol–water partition coefficient (Wildman–Crippen LogP) is 4.55. The third kappa shape index (κ3) is 3.35. The fourth-order valence-corrected chi connectivity index (χ4v) is 2.42. The number of anilines is 1. The van der Waals surface area contributed by atoms with Crippen LogP contribution in [0.4, 0.5) is 5.69 Å². The van der Waals surface area contributed by atoms with Crippen molar-refractivity contribution >= 4 is 46.5 Å². The summed E-state index contributed by atoms with van der Waals surface area (Å²) in [4.78, 5) is 10.7. The molecule has 0 atom stereocenters. The SMILES string of the molecule is O=C(O)c1coc(CNc2c(Cl)cc(Cl)cc2Cl)c1. The van der Waals surface area contributed by atoms with Crippen LogP contribution >= 0.6 is 34.8 Å². The molecule has 0 saturated carbocycles. The third-order valence-corrected chi connectivity index (χ3v) is 3.16. The maximum atomic E-state index is 10.7. The molecule has 0 aliphatic heterocycles. The summed E-state index contributed by atoms with van der Waals surface area (Å²) in [5, 5.41) is 12.9. The van der Waals surface area contributed by atoms with Gasteiger partial charge in [-0.2, -0.15) is 0 Å². The summed E-state index contributed by atoms with van der Waals surface area (Å²) in [5.74, 6) is -0.586. The Kier molecular flexibility index (Phi) is 4.24. The van der Waals surface area contributed by atoms with Crippen molar-refractivity contribution in [3.63, 3.8) is 0 Å². The number of aromatic carboxylic acids is 1. The van der Waals surface area contributed by atoms with Crippen LogP contribution < -0.4 is 5.32 Å². The zero-order valence-corrected chi connectivity index (χ0v) is 11.7. The van der Waals surface area contributed by atoms with E-state index >= 15 is 0 Å². The number of hydrogen-bond acceptors (Lipinski definition) is 3. The van der Waals surface area contributed by atoms with Gasteiger partial charge in [0.05, 0.1) is 27.8 Å². The van der Waals surface area contributed by atoms with Crippen molar-refractivity contribution in [2.75, 3.05) is 5.32 Å². The third-order valence-electron chi connectivity index (χ3n) is 2.35. The molecule has 1 heterocycles. The van der Waals surface area contributed by atoms with Gasteiger partial charge in [0.15, 0.2) is 0 Å². The second-order valence-corrected chi connectivity index (χ2v) is 4.96.